The molecule has 0 aromatic rings. The Morgan fingerprint density at radius 3 is 2.55 bits per heavy atom. The highest BCUT2D eigenvalue weighted by Crippen LogP contribution is 2.11. The fraction of sp³-hybridized carbons (Fsp3) is 0.625. The standard InChI is InChI=1S/C8H14OS2/c1-4-10-5-6-11-8(9)7(2)3/h2,4-6H2,1,3H3. The zero-order valence-electron chi connectivity index (χ0n) is 7.05. The summed E-state index contributed by atoms with van der Waals surface area (Å²) < 4.78 is 0. The van der Waals surface area contributed by atoms with Crippen molar-refractivity contribution in [3.8, 4) is 0 Å². The van der Waals surface area contributed by atoms with Gasteiger partial charge in [-0.2, -0.15) is 11.8 Å². The molecule has 0 aliphatic rings. The van der Waals surface area contributed by atoms with Gasteiger partial charge in [0.05, 0.1) is 0 Å². The van der Waals surface area contributed by atoms with Gasteiger partial charge in [0.25, 0.3) is 0 Å². The molecule has 64 valence electrons. The predicted octanol–water partition coefficient (Wildman–Crippen LogP) is 2.58. The molecule has 3 heteroatoms. The first-order chi connectivity index (χ1) is 5.18. The third kappa shape index (κ3) is 6.51. The molecule has 0 N–H and O–H groups in total. The highest BCUT2D eigenvalue weighted by molar-refractivity contribution is 8.14. The van der Waals surface area contributed by atoms with Crippen molar-refractivity contribution in [2.24, 2.45) is 0 Å². The Labute approximate surface area is 77.0 Å². The second-order valence-electron chi connectivity index (χ2n) is 2.11. The molecule has 0 saturated carbocycles. The van der Waals surface area contributed by atoms with Crippen LogP contribution in [-0.4, -0.2) is 22.4 Å². The van der Waals surface area contributed by atoms with Gasteiger partial charge in [-0.1, -0.05) is 25.3 Å². The van der Waals surface area contributed by atoms with E-state index in [0.717, 1.165) is 17.3 Å². The van der Waals surface area contributed by atoms with Crippen LogP contribution >= 0.6 is 23.5 Å². The van der Waals surface area contributed by atoms with Crippen molar-refractivity contribution in [1.29, 1.82) is 0 Å². The van der Waals surface area contributed by atoms with Crippen LogP contribution in [0.1, 0.15) is 13.8 Å². The van der Waals surface area contributed by atoms with Crippen molar-refractivity contribution in [1.82, 2.24) is 0 Å². The first kappa shape index (κ1) is 11.1. The van der Waals surface area contributed by atoms with Gasteiger partial charge < -0.3 is 0 Å². The Morgan fingerprint density at radius 2 is 2.09 bits per heavy atom. The van der Waals surface area contributed by atoms with Crippen LogP contribution < -0.4 is 0 Å². The SMILES string of the molecule is C=C(C)C(=O)SCCSCC. The normalized spacial score (nSPS) is 9.64. The van der Waals surface area contributed by atoms with E-state index in [1.54, 1.807) is 6.92 Å². The minimum atomic E-state index is 0.127. The van der Waals surface area contributed by atoms with E-state index in [1.165, 1.54) is 11.8 Å². The highest BCUT2D eigenvalue weighted by Gasteiger charge is 2.01. The smallest absolute Gasteiger partial charge is 0.214 e. The fourth-order valence-electron chi connectivity index (χ4n) is 0.461. The summed E-state index contributed by atoms with van der Waals surface area (Å²) in [7, 11) is 0. The van der Waals surface area contributed by atoms with Crippen molar-refractivity contribution in [3.05, 3.63) is 12.2 Å². The molecular formula is C8H14OS2. The number of carbonyl (C=O) groups is 1. The summed E-state index contributed by atoms with van der Waals surface area (Å²) in [6.07, 6.45) is 0. The number of hydrogen-bond donors (Lipinski definition) is 0. The van der Waals surface area contributed by atoms with Crippen LogP contribution in [-0.2, 0) is 4.79 Å². The third-order valence-corrected chi connectivity index (χ3v) is 3.19. The summed E-state index contributed by atoms with van der Waals surface area (Å²) in [5, 5.41) is 0.127. The molecule has 0 spiro atoms. The van der Waals surface area contributed by atoms with E-state index in [4.69, 9.17) is 0 Å². The summed E-state index contributed by atoms with van der Waals surface area (Å²) in [5.41, 5.74) is 0.650. The van der Waals surface area contributed by atoms with E-state index >= 15 is 0 Å². The summed E-state index contributed by atoms with van der Waals surface area (Å²) in [4.78, 5) is 11.0. The first-order valence-corrected chi connectivity index (χ1v) is 5.73. The number of carbonyl (C=O) groups excluding carboxylic acids is 1. The highest BCUT2D eigenvalue weighted by atomic mass is 32.2. The zero-order valence-corrected chi connectivity index (χ0v) is 8.69. The third-order valence-electron chi connectivity index (χ3n) is 1.01. The van der Waals surface area contributed by atoms with Crippen LogP contribution in [0.4, 0.5) is 0 Å². The molecule has 0 saturated heterocycles. The van der Waals surface area contributed by atoms with Gasteiger partial charge in [0.1, 0.15) is 0 Å². The van der Waals surface area contributed by atoms with E-state index in [-0.39, 0.29) is 5.12 Å². The van der Waals surface area contributed by atoms with Crippen LogP contribution in [0.25, 0.3) is 0 Å². The first-order valence-electron chi connectivity index (χ1n) is 3.58. The second kappa shape index (κ2) is 6.80. The lowest BCUT2D eigenvalue weighted by molar-refractivity contribution is -0.107. The van der Waals surface area contributed by atoms with E-state index in [0.29, 0.717) is 5.57 Å². The molecule has 0 heterocycles. The molecule has 0 atom stereocenters. The number of thioether (sulfide) groups is 2. The molecule has 1 nitrogen and oxygen atoms in total. The van der Waals surface area contributed by atoms with Gasteiger partial charge in [0.15, 0.2) is 0 Å². The van der Waals surface area contributed by atoms with Crippen molar-refractivity contribution >= 4 is 28.6 Å². The number of hydrogen-bond acceptors (Lipinski definition) is 3. The van der Waals surface area contributed by atoms with Crippen LogP contribution in [0.2, 0.25) is 0 Å². The molecule has 0 rings (SSSR count). The minimum Gasteiger partial charge on any atom is -0.282 e. The number of rotatable bonds is 5. The Balaban J connectivity index is 3.25. The average molecular weight is 190 g/mol. The molecule has 0 amide bonds. The molecular weight excluding hydrogens is 176 g/mol. The van der Waals surface area contributed by atoms with Gasteiger partial charge in [0, 0.05) is 11.5 Å². The lowest BCUT2D eigenvalue weighted by atomic mass is 10.4. The maximum Gasteiger partial charge on any atom is 0.214 e. The molecule has 0 aromatic carbocycles. The summed E-state index contributed by atoms with van der Waals surface area (Å²) in [5.74, 6) is 3.09. The van der Waals surface area contributed by atoms with Crippen molar-refractivity contribution < 1.29 is 4.79 Å². The molecule has 11 heavy (non-hydrogen) atoms. The maximum absolute atomic E-state index is 11.0. The molecule has 0 aromatic heterocycles. The van der Waals surface area contributed by atoms with Crippen LogP contribution in [0.5, 0.6) is 0 Å². The topological polar surface area (TPSA) is 17.1 Å². The van der Waals surface area contributed by atoms with Gasteiger partial charge in [-0.05, 0) is 18.2 Å². The average Bonchev–Trinajstić information content (AvgIpc) is 1.97. The quantitative estimate of drug-likeness (QED) is 0.490. The molecule has 0 bridgehead atoms. The van der Waals surface area contributed by atoms with Gasteiger partial charge in [0.2, 0.25) is 5.12 Å². The van der Waals surface area contributed by atoms with Crippen molar-refractivity contribution in [3.63, 3.8) is 0 Å². The summed E-state index contributed by atoms with van der Waals surface area (Å²) in [6, 6.07) is 0. The summed E-state index contributed by atoms with van der Waals surface area (Å²) >= 11 is 3.22. The zero-order chi connectivity index (χ0) is 8.69. The van der Waals surface area contributed by atoms with Crippen LogP contribution in [0, 0.1) is 0 Å². The van der Waals surface area contributed by atoms with Gasteiger partial charge >= 0.3 is 0 Å². The maximum atomic E-state index is 11.0. The minimum absolute atomic E-state index is 0.127. The molecule has 0 unspecified atom stereocenters. The van der Waals surface area contributed by atoms with E-state index in [9.17, 15) is 4.79 Å². The van der Waals surface area contributed by atoms with E-state index in [1.807, 2.05) is 11.8 Å². The Hall–Kier alpha value is 0.110. The lowest BCUT2D eigenvalue weighted by Crippen LogP contribution is -1.95. The van der Waals surface area contributed by atoms with Gasteiger partial charge in [-0.25, -0.2) is 0 Å². The van der Waals surface area contributed by atoms with Crippen LogP contribution in [0.15, 0.2) is 12.2 Å². The summed E-state index contributed by atoms with van der Waals surface area (Å²) in [6.45, 7) is 7.45. The Morgan fingerprint density at radius 1 is 1.45 bits per heavy atom. The van der Waals surface area contributed by atoms with E-state index in [2.05, 4.69) is 13.5 Å². The largest absolute Gasteiger partial charge is 0.282 e. The molecule has 0 fully saturated rings. The van der Waals surface area contributed by atoms with Gasteiger partial charge in [-0.3, -0.25) is 4.79 Å². The lowest BCUT2D eigenvalue weighted by Gasteiger charge is -1.97. The predicted molar refractivity (Wildman–Crippen MR) is 55.3 cm³/mol. The van der Waals surface area contributed by atoms with Crippen molar-refractivity contribution in [2.45, 2.75) is 13.8 Å². The second-order valence-corrected chi connectivity index (χ2v) is 4.57. The fourth-order valence-corrected chi connectivity index (χ4v) is 1.99. The monoisotopic (exact) mass is 190 g/mol. The Bertz CT molecular complexity index is 143. The van der Waals surface area contributed by atoms with Crippen molar-refractivity contribution in [2.75, 3.05) is 17.3 Å². The molecule has 0 aliphatic heterocycles. The Kier molecular flexibility index (Phi) is 6.87. The van der Waals surface area contributed by atoms with E-state index < -0.39 is 0 Å². The van der Waals surface area contributed by atoms with Gasteiger partial charge in [-0.15, -0.1) is 0 Å². The van der Waals surface area contributed by atoms with Crippen LogP contribution in [0.3, 0.4) is 0 Å². The molecule has 0 aliphatic carbocycles. The molecule has 0 radical (unpaired) electrons.